The van der Waals surface area contributed by atoms with Crippen LogP contribution in [0, 0.1) is 5.82 Å². The number of sulfonamides is 1. The molecule has 2 aromatic rings. The van der Waals surface area contributed by atoms with Gasteiger partial charge in [0, 0.05) is 37.4 Å². The van der Waals surface area contributed by atoms with Crippen LogP contribution in [0.4, 0.5) is 4.39 Å². The molecule has 0 bridgehead atoms. The molecule has 1 N–H and O–H groups in total. The van der Waals surface area contributed by atoms with E-state index in [1.54, 1.807) is 13.1 Å². The van der Waals surface area contributed by atoms with Crippen LogP contribution in [-0.4, -0.2) is 36.3 Å². The minimum atomic E-state index is -3.58. The van der Waals surface area contributed by atoms with E-state index in [9.17, 15) is 17.6 Å². The molecule has 1 aliphatic rings. The second-order valence-electron chi connectivity index (χ2n) is 6.24. The van der Waals surface area contributed by atoms with Gasteiger partial charge in [-0.15, -0.1) is 0 Å². The second kappa shape index (κ2) is 7.50. The van der Waals surface area contributed by atoms with Crippen LogP contribution in [0.1, 0.15) is 28.9 Å². The highest BCUT2D eigenvalue weighted by molar-refractivity contribution is 9.10. The van der Waals surface area contributed by atoms with Crippen LogP contribution >= 0.6 is 15.9 Å². The second-order valence-corrected chi connectivity index (χ2v) is 9.10. The number of hydrogen-bond acceptors (Lipinski definition) is 3. The molecule has 3 rings (SSSR count). The van der Waals surface area contributed by atoms with Crippen molar-refractivity contribution < 1.29 is 17.6 Å². The van der Waals surface area contributed by atoms with Gasteiger partial charge in [-0.1, -0.05) is 15.9 Å². The van der Waals surface area contributed by atoms with Gasteiger partial charge in [0.15, 0.2) is 0 Å². The molecule has 1 amide bonds. The van der Waals surface area contributed by atoms with Crippen molar-refractivity contribution in [2.75, 3.05) is 13.1 Å². The average Bonchev–Trinajstić information content (AvgIpc) is 3.22. The number of rotatable bonds is 5. The lowest BCUT2D eigenvalue weighted by Crippen LogP contribution is -2.27. The fourth-order valence-corrected chi connectivity index (χ4v) is 5.07. The Balaban J connectivity index is 1.75. The van der Waals surface area contributed by atoms with Crippen molar-refractivity contribution >= 4 is 31.9 Å². The van der Waals surface area contributed by atoms with Crippen LogP contribution in [0.5, 0.6) is 0 Å². The zero-order valence-corrected chi connectivity index (χ0v) is 16.6. The first kappa shape index (κ1) is 19.1. The first-order chi connectivity index (χ1) is 12.3. The van der Waals surface area contributed by atoms with E-state index >= 15 is 0 Å². The van der Waals surface area contributed by atoms with E-state index in [1.165, 1.54) is 33.3 Å². The molecule has 0 aliphatic carbocycles. The van der Waals surface area contributed by atoms with Crippen LogP contribution in [-0.2, 0) is 23.6 Å². The average molecular weight is 444 g/mol. The molecule has 0 saturated carbocycles. The van der Waals surface area contributed by atoms with Crippen LogP contribution < -0.4 is 5.32 Å². The van der Waals surface area contributed by atoms with Gasteiger partial charge in [0.2, 0.25) is 10.0 Å². The Hall–Kier alpha value is -1.71. The number of aryl methyl sites for hydroxylation is 1. The summed E-state index contributed by atoms with van der Waals surface area (Å²) in [5.41, 5.74) is 0.836. The summed E-state index contributed by atoms with van der Waals surface area (Å²) in [7, 11) is -1.95. The molecule has 1 aromatic heterocycles. The van der Waals surface area contributed by atoms with Gasteiger partial charge >= 0.3 is 0 Å². The topological polar surface area (TPSA) is 71.4 Å². The third-order valence-electron chi connectivity index (χ3n) is 4.29. The first-order valence-corrected chi connectivity index (χ1v) is 10.4. The van der Waals surface area contributed by atoms with Gasteiger partial charge in [-0.3, -0.25) is 4.79 Å². The van der Waals surface area contributed by atoms with Gasteiger partial charge in [-0.05, 0) is 42.7 Å². The Kier molecular flexibility index (Phi) is 5.50. The van der Waals surface area contributed by atoms with Crippen molar-refractivity contribution in [3.8, 4) is 0 Å². The van der Waals surface area contributed by atoms with E-state index < -0.39 is 21.7 Å². The van der Waals surface area contributed by atoms with Crippen LogP contribution in [0.25, 0.3) is 0 Å². The van der Waals surface area contributed by atoms with Crippen LogP contribution in [0.3, 0.4) is 0 Å². The maximum atomic E-state index is 13.4. The van der Waals surface area contributed by atoms with E-state index in [0.717, 1.165) is 12.8 Å². The maximum Gasteiger partial charge on any atom is 0.268 e. The monoisotopic (exact) mass is 443 g/mol. The Morgan fingerprint density at radius 1 is 1.23 bits per heavy atom. The predicted octanol–water partition coefficient (Wildman–Crippen LogP) is 2.64. The molecular weight excluding hydrogens is 425 g/mol. The number of benzene rings is 1. The third kappa shape index (κ3) is 3.99. The molecule has 0 unspecified atom stereocenters. The highest BCUT2D eigenvalue weighted by Crippen LogP contribution is 2.22. The van der Waals surface area contributed by atoms with Gasteiger partial charge in [0.25, 0.3) is 5.91 Å². The minimum Gasteiger partial charge on any atom is -0.347 e. The lowest BCUT2D eigenvalue weighted by atomic mass is 10.2. The largest absolute Gasteiger partial charge is 0.347 e. The van der Waals surface area contributed by atoms with Crippen molar-refractivity contribution in [3.05, 3.63) is 52.0 Å². The van der Waals surface area contributed by atoms with Crippen LogP contribution in [0.15, 0.2) is 39.8 Å². The van der Waals surface area contributed by atoms with E-state index in [2.05, 4.69) is 21.2 Å². The maximum absolute atomic E-state index is 13.4. The normalized spacial score (nSPS) is 15.3. The summed E-state index contributed by atoms with van der Waals surface area (Å²) in [6, 6.07) is 5.75. The Labute approximate surface area is 160 Å². The zero-order chi connectivity index (χ0) is 18.9. The molecule has 1 saturated heterocycles. The minimum absolute atomic E-state index is 0.112. The Morgan fingerprint density at radius 2 is 1.92 bits per heavy atom. The van der Waals surface area contributed by atoms with Gasteiger partial charge in [0.1, 0.15) is 16.4 Å². The standard InChI is InChI=1S/C17H19BrFN3O3S/c1-21-11-15(26(24,25)22-4-2-3-5-22)9-16(21)17(23)20-10-12-6-13(18)8-14(19)7-12/h6-9,11H,2-5,10H2,1H3,(H,20,23). The van der Waals surface area contributed by atoms with Crippen molar-refractivity contribution in [2.45, 2.75) is 24.3 Å². The fourth-order valence-electron chi connectivity index (χ4n) is 2.96. The number of nitrogens with zero attached hydrogens (tertiary/aromatic N) is 2. The zero-order valence-electron chi connectivity index (χ0n) is 14.2. The molecule has 0 spiro atoms. The number of amides is 1. The number of nitrogens with one attached hydrogen (secondary N) is 1. The van der Waals surface area contributed by atoms with E-state index in [-0.39, 0.29) is 17.1 Å². The van der Waals surface area contributed by atoms with Crippen LogP contribution in [0.2, 0.25) is 0 Å². The Bertz CT molecular complexity index is 916. The summed E-state index contributed by atoms with van der Waals surface area (Å²) in [4.78, 5) is 12.5. The highest BCUT2D eigenvalue weighted by Gasteiger charge is 2.29. The van der Waals surface area contributed by atoms with Gasteiger partial charge < -0.3 is 9.88 Å². The number of hydrogen-bond donors (Lipinski definition) is 1. The van der Waals surface area contributed by atoms with Crippen molar-refractivity contribution in [1.29, 1.82) is 0 Å². The summed E-state index contributed by atoms with van der Waals surface area (Å²) in [5, 5.41) is 2.69. The van der Waals surface area contributed by atoms with Gasteiger partial charge in [-0.25, -0.2) is 12.8 Å². The summed E-state index contributed by atoms with van der Waals surface area (Å²) in [6.07, 6.45) is 3.15. The smallest absolute Gasteiger partial charge is 0.268 e. The van der Waals surface area contributed by atoms with E-state index in [0.29, 0.717) is 23.1 Å². The van der Waals surface area contributed by atoms with Gasteiger partial charge in [-0.2, -0.15) is 4.31 Å². The summed E-state index contributed by atoms with van der Waals surface area (Å²) in [6.45, 7) is 1.15. The Morgan fingerprint density at radius 3 is 2.58 bits per heavy atom. The molecule has 1 aromatic carbocycles. The predicted molar refractivity (Wildman–Crippen MR) is 98.7 cm³/mol. The molecule has 1 aliphatic heterocycles. The lowest BCUT2D eigenvalue weighted by molar-refractivity contribution is 0.0942. The molecule has 140 valence electrons. The molecule has 2 heterocycles. The van der Waals surface area contributed by atoms with Gasteiger partial charge in [0.05, 0.1) is 0 Å². The number of halogens is 2. The molecule has 0 atom stereocenters. The number of aromatic nitrogens is 1. The number of carbonyl (C=O) groups is 1. The van der Waals surface area contributed by atoms with E-state index in [4.69, 9.17) is 0 Å². The molecule has 26 heavy (non-hydrogen) atoms. The highest BCUT2D eigenvalue weighted by atomic mass is 79.9. The summed E-state index contributed by atoms with van der Waals surface area (Å²) < 4.78 is 42.1. The summed E-state index contributed by atoms with van der Waals surface area (Å²) in [5.74, 6) is -0.822. The van der Waals surface area contributed by atoms with Crippen molar-refractivity contribution in [1.82, 2.24) is 14.2 Å². The SMILES string of the molecule is Cn1cc(S(=O)(=O)N2CCCC2)cc1C(=O)NCc1cc(F)cc(Br)c1. The van der Waals surface area contributed by atoms with Crippen molar-refractivity contribution in [3.63, 3.8) is 0 Å². The lowest BCUT2D eigenvalue weighted by Gasteiger charge is -2.13. The molecule has 9 heteroatoms. The fraction of sp³-hybridized carbons (Fsp3) is 0.353. The molecule has 1 fully saturated rings. The molecule has 6 nitrogen and oxygen atoms in total. The van der Waals surface area contributed by atoms with E-state index in [1.807, 2.05) is 0 Å². The summed E-state index contributed by atoms with van der Waals surface area (Å²) >= 11 is 3.21. The third-order valence-corrected chi connectivity index (χ3v) is 6.61. The first-order valence-electron chi connectivity index (χ1n) is 8.17. The number of carbonyl (C=O) groups excluding carboxylic acids is 1. The molecule has 0 radical (unpaired) electrons. The van der Waals surface area contributed by atoms with Crippen molar-refractivity contribution in [2.24, 2.45) is 7.05 Å². The molecular formula is C17H19BrFN3O3S. The quantitative estimate of drug-likeness (QED) is 0.771.